The van der Waals surface area contributed by atoms with Gasteiger partial charge in [-0.05, 0) is 30.3 Å². The minimum absolute atomic E-state index is 0.0667. The van der Waals surface area contributed by atoms with Crippen molar-refractivity contribution in [2.75, 3.05) is 44.8 Å². The van der Waals surface area contributed by atoms with Gasteiger partial charge in [-0.2, -0.15) is 0 Å². The molecule has 1 heterocycles. The maximum atomic E-state index is 12.9. The summed E-state index contributed by atoms with van der Waals surface area (Å²) in [5.41, 5.74) is 1.52. The van der Waals surface area contributed by atoms with Crippen molar-refractivity contribution in [3.63, 3.8) is 0 Å². The number of non-ortho nitro benzene ring substituents is 1. The van der Waals surface area contributed by atoms with Gasteiger partial charge in [-0.15, -0.1) is 0 Å². The van der Waals surface area contributed by atoms with E-state index in [1.54, 1.807) is 41.3 Å². The molecular formula is C21H23N3O5. The van der Waals surface area contributed by atoms with E-state index in [0.717, 1.165) is 5.69 Å². The van der Waals surface area contributed by atoms with Crippen molar-refractivity contribution in [1.82, 2.24) is 4.90 Å². The van der Waals surface area contributed by atoms with Gasteiger partial charge in [0.1, 0.15) is 6.61 Å². The van der Waals surface area contributed by atoms with Crippen molar-refractivity contribution in [3.8, 4) is 11.5 Å². The molecule has 0 radical (unpaired) electrons. The third-order valence-corrected chi connectivity index (χ3v) is 4.76. The van der Waals surface area contributed by atoms with Crippen LogP contribution in [0.1, 0.15) is 10.4 Å². The van der Waals surface area contributed by atoms with Gasteiger partial charge < -0.3 is 19.3 Å². The lowest BCUT2D eigenvalue weighted by molar-refractivity contribution is -0.384. The summed E-state index contributed by atoms with van der Waals surface area (Å²) in [5, 5.41) is 10.8. The van der Waals surface area contributed by atoms with Crippen molar-refractivity contribution in [3.05, 3.63) is 70.8 Å². The summed E-state index contributed by atoms with van der Waals surface area (Å²) in [5.74, 6) is 0.996. The molecule has 1 saturated heterocycles. The molecule has 0 aromatic heterocycles. The molecule has 3 rings (SSSR count). The zero-order valence-corrected chi connectivity index (χ0v) is 16.2. The zero-order valence-electron chi connectivity index (χ0n) is 16.2. The number of methoxy groups -OCH3 is 1. The van der Waals surface area contributed by atoms with Crippen molar-refractivity contribution in [2.24, 2.45) is 0 Å². The summed E-state index contributed by atoms with van der Waals surface area (Å²) in [6.45, 7) is 6.41. The molecule has 0 aliphatic carbocycles. The molecule has 0 bridgehead atoms. The topological polar surface area (TPSA) is 85.2 Å². The Kier molecular flexibility index (Phi) is 6.33. The van der Waals surface area contributed by atoms with Crippen LogP contribution >= 0.6 is 0 Å². The Labute approximate surface area is 169 Å². The number of nitrogens with zero attached hydrogens (tertiary/aromatic N) is 3. The first-order valence-corrected chi connectivity index (χ1v) is 9.24. The van der Waals surface area contributed by atoms with Crippen molar-refractivity contribution in [2.45, 2.75) is 0 Å². The molecule has 1 aliphatic rings. The molecule has 152 valence electrons. The molecule has 2 aromatic carbocycles. The van der Waals surface area contributed by atoms with E-state index in [1.165, 1.54) is 19.2 Å². The van der Waals surface area contributed by atoms with Crippen molar-refractivity contribution >= 4 is 17.3 Å². The van der Waals surface area contributed by atoms with Gasteiger partial charge in [-0.25, -0.2) is 0 Å². The Balaban J connectivity index is 1.63. The number of anilines is 1. The Morgan fingerprint density at radius 1 is 1.14 bits per heavy atom. The number of carbonyl (C=O) groups is 1. The largest absolute Gasteiger partial charge is 0.493 e. The molecule has 0 N–H and O–H groups in total. The number of nitro benzene ring substituents is 1. The quantitative estimate of drug-likeness (QED) is 0.405. The summed E-state index contributed by atoms with van der Waals surface area (Å²) in [6.07, 6.45) is 1.64. The molecule has 8 nitrogen and oxygen atoms in total. The summed E-state index contributed by atoms with van der Waals surface area (Å²) in [4.78, 5) is 27.2. The number of ether oxygens (including phenoxy) is 2. The first-order chi connectivity index (χ1) is 14.0. The van der Waals surface area contributed by atoms with Crippen LogP contribution in [-0.2, 0) is 0 Å². The number of rotatable bonds is 7. The van der Waals surface area contributed by atoms with Crippen LogP contribution in [-0.4, -0.2) is 55.6 Å². The monoisotopic (exact) mass is 397 g/mol. The smallest absolute Gasteiger partial charge is 0.269 e. The van der Waals surface area contributed by atoms with Crippen molar-refractivity contribution in [1.29, 1.82) is 0 Å². The van der Waals surface area contributed by atoms with Gasteiger partial charge in [0, 0.05) is 49.6 Å². The third kappa shape index (κ3) is 4.66. The number of hydrogen-bond acceptors (Lipinski definition) is 6. The summed E-state index contributed by atoms with van der Waals surface area (Å²) in [7, 11) is 1.54. The third-order valence-electron chi connectivity index (χ3n) is 4.76. The maximum absolute atomic E-state index is 12.9. The maximum Gasteiger partial charge on any atom is 0.269 e. The molecule has 0 spiro atoms. The molecule has 1 fully saturated rings. The van der Waals surface area contributed by atoms with Crippen LogP contribution in [0.2, 0.25) is 0 Å². The van der Waals surface area contributed by atoms with Crippen LogP contribution in [0, 0.1) is 10.1 Å². The zero-order chi connectivity index (χ0) is 20.8. The van der Waals surface area contributed by atoms with Gasteiger partial charge in [0.05, 0.1) is 12.0 Å². The number of piperazine rings is 1. The van der Waals surface area contributed by atoms with E-state index < -0.39 is 4.92 Å². The van der Waals surface area contributed by atoms with E-state index >= 15 is 0 Å². The van der Waals surface area contributed by atoms with E-state index in [9.17, 15) is 14.9 Å². The number of nitro groups is 1. The predicted molar refractivity (Wildman–Crippen MR) is 110 cm³/mol. The standard InChI is InChI=1S/C21H23N3O5/c1-3-14-29-19-9-4-16(15-20(19)28-2)21(25)23-12-10-22(11-13-23)17-5-7-18(8-6-17)24(26)27/h3-9,15H,1,10-14H2,2H3. The molecule has 1 aliphatic heterocycles. The molecule has 0 saturated carbocycles. The average molecular weight is 397 g/mol. The van der Waals surface area contributed by atoms with Gasteiger partial charge >= 0.3 is 0 Å². The Hall–Kier alpha value is -3.55. The highest BCUT2D eigenvalue weighted by molar-refractivity contribution is 5.95. The summed E-state index contributed by atoms with van der Waals surface area (Å²) >= 11 is 0. The Bertz CT molecular complexity index is 890. The minimum atomic E-state index is -0.414. The van der Waals surface area contributed by atoms with Crippen LogP contribution in [0.25, 0.3) is 0 Å². The van der Waals surface area contributed by atoms with Crippen LogP contribution in [0.3, 0.4) is 0 Å². The highest BCUT2D eigenvalue weighted by atomic mass is 16.6. The van der Waals surface area contributed by atoms with E-state index in [1.807, 2.05) is 0 Å². The number of hydrogen-bond donors (Lipinski definition) is 0. The summed E-state index contributed by atoms with van der Waals surface area (Å²) < 4.78 is 10.9. The van der Waals surface area contributed by atoms with Gasteiger partial charge in [0.15, 0.2) is 11.5 Å². The lowest BCUT2D eigenvalue weighted by Gasteiger charge is -2.36. The molecule has 0 unspecified atom stereocenters. The molecule has 8 heteroatoms. The average Bonchev–Trinajstić information content (AvgIpc) is 2.77. The van der Waals surface area contributed by atoms with Crippen LogP contribution in [0.15, 0.2) is 55.1 Å². The second kappa shape index (κ2) is 9.09. The lowest BCUT2D eigenvalue weighted by atomic mass is 10.1. The van der Waals surface area contributed by atoms with E-state index in [4.69, 9.17) is 9.47 Å². The fourth-order valence-electron chi connectivity index (χ4n) is 3.20. The first-order valence-electron chi connectivity index (χ1n) is 9.24. The fourth-order valence-corrected chi connectivity index (χ4v) is 3.20. The second-order valence-electron chi connectivity index (χ2n) is 6.52. The molecule has 2 aromatic rings. The molecule has 1 amide bonds. The van der Waals surface area contributed by atoms with E-state index in [-0.39, 0.29) is 11.6 Å². The van der Waals surface area contributed by atoms with Crippen LogP contribution < -0.4 is 14.4 Å². The van der Waals surface area contributed by atoms with E-state index in [0.29, 0.717) is 49.8 Å². The van der Waals surface area contributed by atoms with Gasteiger partial charge in [0.2, 0.25) is 0 Å². The number of amides is 1. The van der Waals surface area contributed by atoms with Gasteiger partial charge in [-0.3, -0.25) is 14.9 Å². The lowest BCUT2D eigenvalue weighted by Crippen LogP contribution is -2.48. The Morgan fingerprint density at radius 2 is 1.83 bits per heavy atom. The second-order valence-corrected chi connectivity index (χ2v) is 6.52. The SMILES string of the molecule is C=CCOc1ccc(C(=O)N2CCN(c3ccc([N+](=O)[O-])cc3)CC2)cc1OC. The number of benzene rings is 2. The van der Waals surface area contributed by atoms with Crippen LogP contribution in [0.4, 0.5) is 11.4 Å². The first kappa shape index (κ1) is 20.2. The normalized spacial score (nSPS) is 13.7. The van der Waals surface area contributed by atoms with Crippen molar-refractivity contribution < 1.29 is 19.2 Å². The number of carbonyl (C=O) groups excluding carboxylic acids is 1. The highest BCUT2D eigenvalue weighted by Crippen LogP contribution is 2.29. The molecule has 0 atom stereocenters. The van der Waals surface area contributed by atoms with Gasteiger partial charge in [-0.1, -0.05) is 12.7 Å². The van der Waals surface area contributed by atoms with Crippen LogP contribution in [0.5, 0.6) is 11.5 Å². The minimum Gasteiger partial charge on any atom is -0.493 e. The molecule has 29 heavy (non-hydrogen) atoms. The highest BCUT2D eigenvalue weighted by Gasteiger charge is 2.23. The fraction of sp³-hybridized carbons (Fsp3) is 0.286. The molecular weight excluding hydrogens is 374 g/mol. The van der Waals surface area contributed by atoms with E-state index in [2.05, 4.69) is 11.5 Å². The summed E-state index contributed by atoms with van der Waals surface area (Å²) in [6, 6.07) is 11.6. The van der Waals surface area contributed by atoms with Gasteiger partial charge in [0.25, 0.3) is 11.6 Å². The Morgan fingerprint density at radius 3 is 2.41 bits per heavy atom. The predicted octanol–water partition coefficient (Wildman–Crippen LogP) is 3.13.